The summed E-state index contributed by atoms with van der Waals surface area (Å²) < 4.78 is 19.4. The van der Waals surface area contributed by atoms with Crippen molar-refractivity contribution in [2.75, 3.05) is 25.6 Å². The Morgan fingerprint density at radius 3 is 2.12 bits per heavy atom. The lowest BCUT2D eigenvalue weighted by atomic mass is 10.2. The van der Waals surface area contributed by atoms with Crippen molar-refractivity contribution in [3.05, 3.63) is 59.1 Å². The Balaban J connectivity index is 2.42. The number of anilines is 1. The molecule has 0 spiro atoms. The summed E-state index contributed by atoms with van der Waals surface area (Å²) in [4.78, 5) is 1.96. The van der Waals surface area contributed by atoms with Crippen LogP contribution in [0, 0.1) is 5.92 Å². The van der Waals surface area contributed by atoms with Gasteiger partial charge in [0.25, 0.3) is 7.37 Å². The van der Waals surface area contributed by atoms with E-state index < -0.39 is 13.2 Å². The van der Waals surface area contributed by atoms with Crippen LogP contribution in [0.2, 0.25) is 5.02 Å². The maximum atomic E-state index is 13.7. The molecule has 0 heterocycles. The van der Waals surface area contributed by atoms with E-state index in [0.717, 1.165) is 5.69 Å². The predicted octanol–water partition coefficient (Wildman–Crippen LogP) is 4.67. The molecule has 1 N–H and O–H groups in total. The number of halogens is 1. The molecule has 0 amide bonds. The summed E-state index contributed by atoms with van der Waals surface area (Å²) in [5.74, 6) is -1.04. The highest BCUT2D eigenvalue weighted by atomic mass is 35.5. The molecule has 136 valence electrons. The molecular weight excluding hydrogens is 357 g/mol. The zero-order valence-corrected chi connectivity index (χ0v) is 16.7. The van der Waals surface area contributed by atoms with Gasteiger partial charge in [-0.25, -0.2) is 0 Å². The first-order chi connectivity index (χ1) is 11.7. The Morgan fingerprint density at radius 2 is 1.64 bits per heavy atom. The number of aliphatic hydroxyl groups is 1. The largest absolute Gasteiger partial charge is 0.378 e. The summed E-state index contributed by atoms with van der Waals surface area (Å²) in [6.45, 7) is 4.26. The van der Waals surface area contributed by atoms with Crippen LogP contribution in [-0.4, -0.2) is 25.8 Å². The fourth-order valence-corrected chi connectivity index (χ4v) is 4.68. The Bertz CT molecular complexity index is 729. The van der Waals surface area contributed by atoms with E-state index in [4.69, 9.17) is 16.1 Å². The van der Waals surface area contributed by atoms with Crippen molar-refractivity contribution in [1.29, 1.82) is 0 Å². The van der Waals surface area contributed by atoms with Crippen molar-refractivity contribution in [2.24, 2.45) is 5.92 Å². The van der Waals surface area contributed by atoms with Crippen LogP contribution in [0.5, 0.6) is 0 Å². The standard InChI is InChI=1S/C19H25ClNO3P/c1-14(2)13-24-25(23,18-11-9-17(10-12-18)21(3)4)19(22)15-5-7-16(20)8-6-15/h5-12,14,19,22H,13H2,1-4H3/t19-,25-/m1/s1. The highest BCUT2D eigenvalue weighted by molar-refractivity contribution is 7.67. The van der Waals surface area contributed by atoms with E-state index in [1.54, 1.807) is 36.4 Å². The van der Waals surface area contributed by atoms with Gasteiger partial charge in [-0.05, 0) is 47.9 Å². The van der Waals surface area contributed by atoms with Gasteiger partial charge >= 0.3 is 0 Å². The van der Waals surface area contributed by atoms with Gasteiger partial charge in [0.05, 0.1) is 6.61 Å². The zero-order valence-electron chi connectivity index (χ0n) is 15.0. The maximum Gasteiger partial charge on any atom is 0.264 e. The lowest BCUT2D eigenvalue weighted by Crippen LogP contribution is -2.17. The summed E-state index contributed by atoms with van der Waals surface area (Å²) in [7, 11) is 0.364. The Hall–Kier alpha value is -1.32. The van der Waals surface area contributed by atoms with Crippen LogP contribution >= 0.6 is 19.0 Å². The van der Waals surface area contributed by atoms with Gasteiger partial charge in [0.1, 0.15) is 0 Å². The SMILES string of the molecule is CC(C)CO[P@](=O)(c1ccc(N(C)C)cc1)[C@@H](O)c1ccc(Cl)cc1. The fraction of sp³-hybridized carbons (Fsp3) is 0.368. The van der Waals surface area contributed by atoms with Crippen molar-refractivity contribution in [3.63, 3.8) is 0 Å². The van der Waals surface area contributed by atoms with Crippen LogP contribution in [-0.2, 0) is 9.09 Å². The molecule has 0 radical (unpaired) electrons. The van der Waals surface area contributed by atoms with Crippen LogP contribution in [0.1, 0.15) is 25.3 Å². The second-order valence-electron chi connectivity index (χ2n) is 6.62. The number of rotatable bonds is 7. The van der Waals surface area contributed by atoms with Crippen LogP contribution in [0.4, 0.5) is 5.69 Å². The van der Waals surface area contributed by atoms with Gasteiger partial charge in [-0.1, -0.05) is 37.6 Å². The van der Waals surface area contributed by atoms with E-state index in [0.29, 0.717) is 22.5 Å². The molecule has 0 fully saturated rings. The van der Waals surface area contributed by atoms with E-state index in [-0.39, 0.29) is 5.92 Å². The van der Waals surface area contributed by atoms with Crippen LogP contribution in [0.25, 0.3) is 0 Å². The van der Waals surface area contributed by atoms with Gasteiger partial charge in [0, 0.05) is 30.1 Å². The minimum Gasteiger partial charge on any atom is -0.378 e. The lowest BCUT2D eigenvalue weighted by molar-refractivity contribution is 0.203. The number of hydrogen-bond donors (Lipinski definition) is 1. The third kappa shape index (κ3) is 4.86. The quantitative estimate of drug-likeness (QED) is 0.708. The Kier molecular flexibility index (Phi) is 6.70. The smallest absolute Gasteiger partial charge is 0.264 e. The molecule has 0 aliphatic carbocycles. The second-order valence-corrected chi connectivity index (χ2v) is 9.52. The predicted molar refractivity (Wildman–Crippen MR) is 105 cm³/mol. The molecule has 0 unspecified atom stereocenters. The molecule has 0 saturated heterocycles. The lowest BCUT2D eigenvalue weighted by Gasteiger charge is -2.26. The first-order valence-corrected chi connectivity index (χ1v) is 10.3. The third-order valence-corrected chi connectivity index (χ3v) is 6.56. The molecule has 0 aliphatic heterocycles. The van der Waals surface area contributed by atoms with E-state index in [9.17, 15) is 9.67 Å². The molecule has 2 rings (SSSR count). The number of aliphatic hydroxyl groups excluding tert-OH is 1. The number of benzene rings is 2. The molecule has 2 atom stereocenters. The summed E-state index contributed by atoms with van der Waals surface area (Å²) in [5, 5.41) is 11.9. The Labute approximate surface area is 154 Å². The van der Waals surface area contributed by atoms with E-state index in [2.05, 4.69) is 0 Å². The minimum absolute atomic E-state index is 0.201. The van der Waals surface area contributed by atoms with Gasteiger partial charge in [-0.2, -0.15) is 0 Å². The van der Waals surface area contributed by atoms with Gasteiger partial charge in [-0.3, -0.25) is 4.57 Å². The first-order valence-electron chi connectivity index (χ1n) is 8.20. The normalized spacial score (nSPS) is 15.0. The molecule has 25 heavy (non-hydrogen) atoms. The van der Waals surface area contributed by atoms with Crippen LogP contribution in [0.15, 0.2) is 48.5 Å². The molecule has 2 aromatic carbocycles. The summed E-state index contributed by atoms with van der Waals surface area (Å²) in [6.07, 6.45) is 0. The van der Waals surface area contributed by atoms with Crippen molar-refractivity contribution in [1.82, 2.24) is 0 Å². The third-order valence-electron chi connectivity index (χ3n) is 3.82. The van der Waals surface area contributed by atoms with Crippen molar-refractivity contribution >= 4 is 30.0 Å². The molecule has 4 nitrogen and oxygen atoms in total. The van der Waals surface area contributed by atoms with Crippen molar-refractivity contribution in [2.45, 2.75) is 19.7 Å². The monoisotopic (exact) mass is 381 g/mol. The molecule has 6 heteroatoms. The molecule has 0 aliphatic rings. The molecular formula is C19H25ClNO3P. The van der Waals surface area contributed by atoms with Gasteiger partial charge < -0.3 is 14.5 Å². The Morgan fingerprint density at radius 1 is 1.08 bits per heavy atom. The molecule has 0 aromatic heterocycles. The molecule has 0 bridgehead atoms. The maximum absolute atomic E-state index is 13.7. The zero-order chi connectivity index (χ0) is 18.6. The average molecular weight is 382 g/mol. The van der Waals surface area contributed by atoms with Gasteiger partial charge in [0.2, 0.25) is 0 Å². The topological polar surface area (TPSA) is 49.8 Å². The molecule has 2 aromatic rings. The first kappa shape index (κ1) is 20.0. The highest BCUT2D eigenvalue weighted by Gasteiger charge is 2.36. The van der Waals surface area contributed by atoms with Gasteiger partial charge in [0.15, 0.2) is 5.85 Å². The van der Waals surface area contributed by atoms with Crippen LogP contribution < -0.4 is 10.2 Å². The second kappa shape index (κ2) is 8.37. The summed E-state index contributed by atoms with van der Waals surface area (Å²) in [5.41, 5.74) is 1.51. The van der Waals surface area contributed by atoms with E-state index >= 15 is 0 Å². The number of nitrogens with zero attached hydrogens (tertiary/aromatic N) is 1. The minimum atomic E-state index is -3.51. The molecule has 0 saturated carbocycles. The highest BCUT2D eigenvalue weighted by Crippen LogP contribution is 2.58. The van der Waals surface area contributed by atoms with E-state index in [1.165, 1.54) is 0 Å². The summed E-state index contributed by atoms with van der Waals surface area (Å²) in [6, 6.07) is 13.9. The van der Waals surface area contributed by atoms with E-state index in [1.807, 2.05) is 45.0 Å². The average Bonchev–Trinajstić information content (AvgIpc) is 2.59. The van der Waals surface area contributed by atoms with Crippen LogP contribution in [0.3, 0.4) is 0 Å². The number of hydrogen-bond acceptors (Lipinski definition) is 4. The fourth-order valence-electron chi connectivity index (χ4n) is 2.34. The van der Waals surface area contributed by atoms with Crippen molar-refractivity contribution in [3.8, 4) is 0 Å². The van der Waals surface area contributed by atoms with Crippen molar-refractivity contribution < 1.29 is 14.2 Å². The summed E-state index contributed by atoms with van der Waals surface area (Å²) >= 11 is 5.91. The van der Waals surface area contributed by atoms with Gasteiger partial charge in [-0.15, -0.1) is 0 Å².